The summed E-state index contributed by atoms with van der Waals surface area (Å²) in [6.07, 6.45) is 1.64. The first-order valence-corrected chi connectivity index (χ1v) is 4.37. The fourth-order valence-electron chi connectivity index (χ4n) is 1.18. The van der Waals surface area contributed by atoms with E-state index in [0.717, 1.165) is 0 Å². The molecule has 2 rings (SSSR count). The summed E-state index contributed by atoms with van der Waals surface area (Å²) < 4.78 is 19.5. The van der Waals surface area contributed by atoms with Crippen LogP contribution in [0.1, 0.15) is 0 Å². The Morgan fingerprint density at radius 2 is 1.94 bits per heavy atom. The Morgan fingerprint density at radius 1 is 1.31 bits per heavy atom. The van der Waals surface area contributed by atoms with Crippen molar-refractivity contribution >= 4 is 18.1 Å². The van der Waals surface area contributed by atoms with Crippen LogP contribution in [0.3, 0.4) is 0 Å². The molecule has 2 N–H and O–H groups in total. The van der Waals surface area contributed by atoms with Gasteiger partial charge in [-0.15, -0.1) is 17.5 Å². The van der Waals surface area contributed by atoms with Crippen LogP contribution < -0.4 is 10.5 Å². The highest BCUT2D eigenvalue weighted by Gasteiger charge is 2.06. The van der Waals surface area contributed by atoms with Crippen molar-refractivity contribution in [1.29, 1.82) is 0 Å². The smallest absolute Gasteiger partial charge is 0.261 e. The van der Waals surface area contributed by atoms with Crippen LogP contribution in [0.15, 0.2) is 30.5 Å². The summed E-state index contributed by atoms with van der Waals surface area (Å²) in [5.74, 6) is 0.516. The molecule has 86 valence electrons. The van der Waals surface area contributed by atoms with Gasteiger partial charge in [0, 0.05) is 7.05 Å². The van der Waals surface area contributed by atoms with E-state index in [-0.39, 0.29) is 18.2 Å². The number of hydrogen-bond acceptors (Lipinski definition) is 3. The molecule has 0 bridgehead atoms. The zero-order valence-electron chi connectivity index (χ0n) is 8.55. The summed E-state index contributed by atoms with van der Waals surface area (Å²) in [4.78, 5) is 0. The molecule has 0 unspecified atom stereocenters. The molecule has 0 saturated carbocycles. The van der Waals surface area contributed by atoms with Gasteiger partial charge >= 0.3 is 0 Å². The molecule has 16 heavy (non-hydrogen) atoms. The second-order valence-corrected chi connectivity index (χ2v) is 3.12. The minimum absolute atomic E-state index is 0. The number of aryl methyl sites for hydroxylation is 1. The zero-order chi connectivity index (χ0) is 10.8. The van der Waals surface area contributed by atoms with Gasteiger partial charge < -0.3 is 10.5 Å². The van der Waals surface area contributed by atoms with E-state index in [9.17, 15) is 4.39 Å². The quantitative estimate of drug-likeness (QED) is 0.881. The molecule has 1 aromatic heterocycles. The first-order chi connectivity index (χ1) is 7.15. The van der Waals surface area contributed by atoms with Gasteiger partial charge in [-0.3, -0.25) is 4.68 Å². The highest BCUT2D eigenvalue weighted by Crippen LogP contribution is 2.24. The first-order valence-electron chi connectivity index (χ1n) is 4.37. The van der Waals surface area contributed by atoms with Gasteiger partial charge in [-0.2, -0.15) is 0 Å². The largest absolute Gasteiger partial charge is 0.436 e. The molecule has 1 heterocycles. The number of halogens is 2. The van der Waals surface area contributed by atoms with Crippen LogP contribution in [0.25, 0.3) is 0 Å². The standard InChI is InChI=1S/C10H10FN3O.ClH/c1-14-6-9(12)10(13-14)15-8-4-2-7(11)3-5-8;/h2-6H,12H2,1H3;1H. The number of ether oxygens (including phenoxy) is 1. The summed E-state index contributed by atoms with van der Waals surface area (Å²) >= 11 is 0. The maximum absolute atomic E-state index is 12.6. The van der Waals surface area contributed by atoms with Crippen molar-refractivity contribution in [2.75, 3.05) is 5.73 Å². The van der Waals surface area contributed by atoms with Crippen LogP contribution in [0.5, 0.6) is 11.6 Å². The molecular weight excluding hydrogens is 233 g/mol. The minimum Gasteiger partial charge on any atom is -0.436 e. The molecule has 0 aliphatic carbocycles. The number of nitrogens with two attached hydrogens (primary N) is 1. The van der Waals surface area contributed by atoms with Crippen molar-refractivity contribution in [2.24, 2.45) is 7.05 Å². The van der Waals surface area contributed by atoms with Gasteiger partial charge in [0.2, 0.25) is 0 Å². The molecule has 2 aromatic rings. The molecule has 4 nitrogen and oxygen atoms in total. The Hall–Kier alpha value is -1.75. The lowest BCUT2D eigenvalue weighted by atomic mass is 10.3. The molecule has 0 amide bonds. The van der Waals surface area contributed by atoms with Gasteiger partial charge in [0.1, 0.15) is 17.3 Å². The third-order valence-corrected chi connectivity index (χ3v) is 1.85. The second kappa shape index (κ2) is 4.85. The molecule has 0 atom stereocenters. The average molecular weight is 244 g/mol. The third kappa shape index (κ3) is 2.64. The number of anilines is 1. The van der Waals surface area contributed by atoms with Crippen LogP contribution in [-0.2, 0) is 7.05 Å². The van der Waals surface area contributed by atoms with Crippen molar-refractivity contribution < 1.29 is 9.13 Å². The Balaban J connectivity index is 0.00000128. The predicted octanol–water partition coefficient (Wildman–Crippen LogP) is 2.36. The normalized spacial score (nSPS) is 9.62. The maximum atomic E-state index is 12.6. The topological polar surface area (TPSA) is 53.1 Å². The van der Waals surface area contributed by atoms with E-state index in [1.165, 1.54) is 24.3 Å². The molecule has 0 spiro atoms. The van der Waals surface area contributed by atoms with E-state index in [1.807, 2.05) is 0 Å². The summed E-state index contributed by atoms with van der Waals surface area (Å²) in [5.41, 5.74) is 6.08. The molecule has 1 aromatic carbocycles. The molecule has 0 aliphatic rings. The van der Waals surface area contributed by atoms with E-state index < -0.39 is 0 Å². The van der Waals surface area contributed by atoms with E-state index in [1.54, 1.807) is 17.9 Å². The fraction of sp³-hybridized carbons (Fsp3) is 0.100. The van der Waals surface area contributed by atoms with Crippen LogP contribution in [0, 0.1) is 5.82 Å². The third-order valence-electron chi connectivity index (χ3n) is 1.85. The number of nitrogen functional groups attached to an aromatic ring is 1. The van der Waals surface area contributed by atoms with E-state index in [4.69, 9.17) is 10.5 Å². The molecule has 0 saturated heterocycles. The molecule has 0 fully saturated rings. The van der Waals surface area contributed by atoms with Crippen molar-refractivity contribution in [3.63, 3.8) is 0 Å². The van der Waals surface area contributed by atoms with Crippen LogP contribution in [0.2, 0.25) is 0 Å². The summed E-state index contributed by atoms with van der Waals surface area (Å²) in [7, 11) is 1.74. The van der Waals surface area contributed by atoms with Crippen molar-refractivity contribution in [3.05, 3.63) is 36.3 Å². The predicted molar refractivity (Wildman–Crippen MR) is 61.3 cm³/mol. The lowest BCUT2D eigenvalue weighted by molar-refractivity contribution is 0.454. The number of aromatic nitrogens is 2. The van der Waals surface area contributed by atoms with Gasteiger partial charge in [-0.25, -0.2) is 4.39 Å². The molecule has 6 heteroatoms. The van der Waals surface area contributed by atoms with Gasteiger partial charge in [0.25, 0.3) is 5.88 Å². The average Bonchev–Trinajstić information content (AvgIpc) is 2.49. The maximum Gasteiger partial charge on any atom is 0.261 e. The van der Waals surface area contributed by atoms with Crippen LogP contribution in [-0.4, -0.2) is 9.78 Å². The first kappa shape index (κ1) is 12.3. The van der Waals surface area contributed by atoms with Crippen LogP contribution in [0.4, 0.5) is 10.1 Å². The molecular formula is C10H11ClFN3O. The monoisotopic (exact) mass is 243 g/mol. The Kier molecular flexibility index (Phi) is 3.73. The molecule has 0 radical (unpaired) electrons. The van der Waals surface area contributed by atoms with Gasteiger partial charge in [-0.1, -0.05) is 0 Å². The van der Waals surface area contributed by atoms with E-state index >= 15 is 0 Å². The summed E-state index contributed by atoms with van der Waals surface area (Å²) in [6, 6.07) is 5.66. The zero-order valence-corrected chi connectivity index (χ0v) is 9.37. The second-order valence-electron chi connectivity index (χ2n) is 3.12. The highest BCUT2D eigenvalue weighted by molar-refractivity contribution is 5.85. The molecule has 0 aliphatic heterocycles. The fourth-order valence-corrected chi connectivity index (χ4v) is 1.18. The highest BCUT2D eigenvalue weighted by atomic mass is 35.5. The van der Waals surface area contributed by atoms with Crippen molar-refractivity contribution in [3.8, 4) is 11.6 Å². The Morgan fingerprint density at radius 3 is 2.44 bits per heavy atom. The van der Waals surface area contributed by atoms with E-state index in [0.29, 0.717) is 17.3 Å². The Labute approximate surface area is 98.2 Å². The minimum atomic E-state index is -0.309. The number of nitrogens with zero attached hydrogens (tertiary/aromatic N) is 2. The van der Waals surface area contributed by atoms with Crippen molar-refractivity contribution in [2.45, 2.75) is 0 Å². The van der Waals surface area contributed by atoms with E-state index in [2.05, 4.69) is 5.10 Å². The number of benzene rings is 1. The number of rotatable bonds is 2. The van der Waals surface area contributed by atoms with Gasteiger partial charge in [0.05, 0.1) is 6.20 Å². The lowest BCUT2D eigenvalue weighted by Crippen LogP contribution is -1.91. The lowest BCUT2D eigenvalue weighted by Gasteiger charge is -2.02. The van der Waals surface area contributed by atoms with Gasteiger partial charge in [-0.05, 0) is 24.3 Å². The Bertz CT molecular complexity index is 469. The number of hydrogen-bond donors (Lipinski definition) is 1. The summed E-state index contributed by atoms with van der Waals surface area (Å²) in [5, 5.41) is 4.00. The van der Waals surface area contributed by atoms with Crippen LogP contribution >= 0.6 is 12.4 Å². The SMILES string of the molecule is Cl.Cn1cc(N)c(Oc2ccc(F)cc2)n1. The summed E-state index contributed by atoms with van der Waals surface area (Å²) in [6.45, 7) is 0. The van der Waals surface area contributed by atoms with Gasteiger partial charge in [0.15, 0.2) is 0 Å². The van der Waals surface area contributed by atoms with Crippen molar-refractivity contribution in [1.82, 2.24) is 9.78 Å².